The van der Waals surface area contributed by atoms with Gasteiger partial charge in [0, 0.05) is 12.1 Å². The Balaban J connectivity index is 2.60. The van der Waals surface area contributed by atoms with Gasteiger partial charge in [-0.05, 0) is 37.5 Å². The largest absolute Gasteiger partial charge is 0.326 e. The maximum atomic E-state index is 11.2. The van der Waals surface area contributed by atoms with Crippen molar-refractivity contribution < 1.29 is 4.79 Å². The molecule has 0 aromatic heterocycles. The Morgan fingerprint density at radius 1 is 1.44 bits per heavy atom. The van der Waals surface area contributed by atoms with Crippen molar-refractivity contribution in [3.8, 4) is 0 Å². The standard InChI is InChI=1S/C14H19NO/c1-3-5-6-8-12-9-7-10-13(11-12)15-14(16)4-2/h3,5,7,9-11H,4,6,8H2,1-2H3,(H,15,16)/b5-3+. The van der Waals surface area contributed by atoms with Gasteiger partial charge >= 0.3 is 0 Å². The van der Waals surface area contributed by atoms with Crippen molar-refractivity contribution in [2.75, 3.05) is 5.32 Å². The summed E-state index contributed by atoms with van der Waals surface area (Å²) >= 11 is 0. The Hall–Kier alpha value is -1.57. The Bertz CT molecular complexity index is 369. The van der Waals surface area contributed by atoms with Gasteiger partial charge < -0.3 is 5.32 Å². The predicted octanol–water partition coefficient (Wildman–Crippen LogP) is 3.54. The summed E-state index contributed by atoms with van der Waals surface area (Å²) in [6, 6.07) is 8.03. The van der Waals surface area contributed by atoms with Gasteiger partial charge in [-0.3, -0.25) is 4.79 Å². The zero-order chi connectivity index (χ0) is 11.8. The number of hydrogen-bond donors (Lipinski definition) is 1. The van der Waals surface area contributed by atoms with Crippen LogP contribution in [0.3, 0.4) is 0 Å². The molecule has 1 aromatic rings. The van der Waals surface area contributed by atoms with Gasteiger partial charge in [-0.2, -0.15) is 0 Å². The van der Waals surface area contributed by atoms with Crippen LogP contribution in [0, 0.1) is 0 Å². The maximum Gasteiger partial charge on any atom is 0.224 e. The first kappa shape index (κ1) is 12.5. The number of nitrogens with one attached hydrogen (secondary N) is 1. The molecule has 1 rings (SSSR count). The summed E-state index contributed by atoms with van der Waals surface area (Å²) in [5.41, 5.74) is 2.15. The lowest BCUT2D eigenvalue weighted by Crippen LogP contribution is -2.09. The molecular weight excluding hydrogens is 198 g/mol. The summed E-state index contributed by atoms with van der Waals surface area (Å²) in [6.45, 7) is 3.88. The third-order valence-electron chi connectivity index (χ3n) is 2.37. The van der Waals surface area contributed by atoms with Crippen LogP contribution >= 0.6 is 0 Å². The number of hydrogen-bond acceptors (Lipinski definition) is 1. The molecule has 0 spiro atoms. The molecule has 0 bridgehead atoms. The van der Waals surface area contributed by atoms with Gasteiger partial charge in [-0.15, -0.1) is 0 Å². The number of anilines is 1. The van der Waals surface area contributed by atoms with E-state index in [-0.39, 0.29) is 5.91 Å². The van der Waals surface area contributed by atoms with Crippen molar-refractivity contribution in [1.29, 1.82) is 0 Å². The van der Waals surface area contributed by atoms with Crippen molar-refractivity contribution in [3.05, 3.63) is 42.0 Å². The van der Waals surface area contributed by atoms with E-state index in [1.54, 1.807) is 0 Å². The second kappa shape index (κ2) is 6.83. The average Bonchev–Trinajstić information content (AvgIpc) is 2.30. The molecule has 0 aliphatic carbocycles. The molecule has 16 heavy (non-hydrogen) atoms. The predicted molar refractivity (Wildman–Crippen MR) is 68.5 cm³/mol. The van der Waals surface area contributed by atoms with Crippen LogP contribution in [0.2, 0.25) is 0 Å². The maximum absolute atomic E-state index is 11.2. The van der Waals surface area contributed by atoms with Gasteiger partial charge in [0.05, 0.1) is 0 Å². The molecule has 1 aromatic carbocycles. The van der Waals surface area contributed by atoms with E-state index in [4.69, 9.17) is 0 Å². The number of aryl methyl sites for hydroxylation is 1. The summed E-state index contributed by atoms with van der Waals surface area (Å²) < 4.78 is 0. The monoisotopic (exact) mass is 217 g/mol. The minimum atomic E-state index is 0.0607. The first-order valence-electron chi connectivity index (χ1n) is 5.76. The minimum Gasteiger partial charge on any atom is -0.326 e. The number of carbonyl (C=O) groups excluding carboxylic acids is 1. The van der Waals surface area contributed by atoms with Crippen LogP contribution in [-0.4, -0.2) is 5.91 Å². The summed E-state index contributed by atoms with van der Waals surface area (Å²) in [7, 11) is 0. The summed E-state index contributed by atoms with van der Waals surface area (Å²) in [5, 5.41) is 2.87. The van der Waals surface area contributed by atoms with Crippen molar-refractivity contribution in [2.45, 2.75) is 33.1 Å². The van der Waals surface area contributed by atoms with Crippen LogP contribution in [0.1, 0.15) is 32.3 Å². The fraction of sp³-hybridized carbons (Fsp3) is 0.357. The Morgan fingerprint density at radius 2 is 2.25 bits per heavy atom. The van der Waals surface area contributed by atoms with Crippen molar-refractivity contribution >= 4 is 11.6 Å². The second-order valence-corrected chi connectivity index (χ2v) is 3.71. The second-order valence-electron chi connectivity index (χ2n) is 3.71. The highest BCUT2D eigenvalue weighted by Crippen LogP contribution is 2.12. The first-order valence-corrected chi connectivity index (χ1v) is 5.76. The molecule has 0 aliphatic rings. The Kier molecular flexibility index (Phi) is 5.34. The zero-order valence-corrected chi connectivity index (χ0v) is 9.99. The molecule has 0 saturated carbocycles. The van der Waals surface area contributed by atoms with E-state index in [2.05, 4.69) is 23.5 Å². The van der Waals surface area contributed by atoms with Crippen molar-refractivity contribution in [3.63, 3.8) is 0 Å². The number of benzene rings is 1. The van der Waals surface area contributed by atoms with E-state index >= 15 is 0 Å². The summed E-state index contributed by atoms with van der Waals surface area (Å²) in [5.74, 6) is 0.0607. The smallest absolute Gasteiger partial charge is 0.224 e. The molecule has 0 aliphatic heterocycles. The van der Waals surface area contributed by atoms with Crippen molar-refractivity contribution in [1.82, 2.24) is 0 Å². The highest BCUT2D eigenvalue weighted by molar-refractivity contribution is 5.90. The fourth-order valence-electron chi connectivity index (χ4n) is 1.47. The van der Waals surface area contributed by atoms with Crippen molar-refractivity contribution in [2.24, 2.45) is 0 Å². The lowest BCUT2D eigenvalue weighted by molar-refractivity contribution is -0.115. The number of amides is 1. The molecular formula is C14H19NO. The van der Waals surface area contributed by atoms with E-state index in [9.17, 15) is 4.79 Å². The highest BCUT2D eigenvalue weighted by Gasteiger charge is 1.99. The molecule has 2 heteroatoms. The molecule has 0 saturated heterocycles. The average molecular weight is 217 g/mol. The van der Waals surface area contributed by atoms with E-state index < -0.39 is 0 Å². The van der Waals surface area contributed by atoms with Gasteiger partial charge in [0.1, 0.15) is 0 Å². The highest BCUT2D eigenvalue weighted by atomic mass is 16.1. The number of allylic oxidation sites excluding steroid dienone is 2. The fourth-order valence-corrected chi connectivity index (χ4v) is 1.47. The lowest BCUT2D eigenvalue weighted by atomic mass is 10.1. The Morgan fingerprint density at radius 3 is 2.94 bits per heavy atom. The SMILES string of the molecule is C/C=C/CCc1cccc(NC(=O)CC)c1. The van der Waals surface area contributed by atoms with Crippen LogP contribution < -0.4 is 5.32 Å². The molecule has 0 fully saturated rings. The van der Waals surface area contributed by atoms with Gasteiger partial charge in [0.15, 0.2) is 0 Å². The summed E-state index contributed by atoms with van der Waals surface area (Å²) in [6.07, 6.45) is 6.78. The van der Waals surface area contributed by atoms with Crippen LogP contribution in [0.4, 0.5) is 5.69 Å². The van der Waals surface area contributed by atoms with E-state index in [0.717, 1.165) is 18.5 Å². The molecule has 2 nitrogen and oxygen atoms in total. The molecule has 86 valence electrons. The summed E-state index contributed by atoms with van der Waals surface area (Å²) in [4.78, 5) is 11.2. The molecule has 0 radical (unpaired) electrons. The lowest BCUT2D eigenvalue weighted by Gasteiger charge is -2.05. The third-order valence-corrected chi connectivity index (χ3v) is 2.37. The van der Waals surface area contributed by atoms with E-state index in [1.807, 2.05) is 32.0 Å². The van der Waals surface area contributed by atoms with Gasteiger partial charge in [-0.1, -0.05) is 31.2 Å². The quantitative estimate of drug-likeness (QED) is 0.751. The van der Waals surface area contributed by atoms with E-state index in [1.165, 1.54) is 5.56 Å². The van der Waals surface area contributed by atoms with Crippen LogP contribution in [-0.2, 0) is 11.2 Å². The third kappa shape index (κ3) is 4.30. The first-order chi connectivity index (χ1) is 7.76. The van der Waals surface area contributed by atoms with Gasteiger partial charge in [-0.25, -0.2) is 0 Å². The molecule has 1 N–H and O–H groups in total. The van der Waals surface area contributed by atoms with Gasteiger partial charge in [0.25, 0.3) is 0 Å². The normalized spacial score (nSPS) is 10.6. The topological polar surface area (TPSA) is 29.1 Å². The van der Waals surface area contributed by atoms with Crippen LogP contribution in [0.25, 0.3) is 0 Å². The van der Waals surface area contributed by atoms with E-state index in [0.29, 0.717) is 6.42 Å². The van der Waals surface area contributed by atoms with Crippen LogP contribution in [0.5, 0.6) is 0 Å². The molecule has 0 unspecified atom stereocenters. The molecule has 0 heterocycles. The number of carbonyl (C=O) groups is 1. The number of rotatable bonds is 5. The van der Waals surface area contributed by atoms with Gasteiger partial charge in [0.2, 0.25) is 5.91 Å². The molecule has 1 amide bonds. The zero-order valence-electron chi connectivity index (χ0n) is 9.99. The molecule has 0 atom stereocenters. The Labute approximate surface area is 97.4 Å². The van der Waals surface area contributed by atoms with Crippen LogP contribution in [0.15, 0.2) is 36.4 Å². The minimum absolute atomic E-state index is 0.0607.